The summed E-state index contributed by atoms with van der Waals surface area (Å²) in [5, 5.41) is 2.47. The number of anilines is 1. The van der Waals surface area contributed by atoms with Gasteiger partial charge in [-0.2, -0.15) is 0 Å². The Hall–Kier alpha value is -2.96. The number of nitrogens with zero attached hydrogens (tertiary/aromatic N) is 2. The van der Waals surface area contributed by atoms with E-state index in [1.165, 1.54) is 0 Å². The highest BCUT2D eigenvalue weighted by atomic mass is 19.1. The van der Waals surface area contributed by atoms with Crippen molar-refractivity contribution in [3.05, 3.63) is 65.7 Å². The Balaban J connectivity index is 1.44. The molecule has 142 valence electrons. The van der Waals surface area contributed by atoms with Crippen LogP contribution >= 0.6 is 0 Å². The molecule has 5 nitrogen and oxygen atoms in total. The summed E-state index contributed by atoms with van der Waals surface area (Å²) in [4.78, 5) is 28.2. The highest BCUT2D eigenvalue weighted by Crippen LogP contribution is 2.16. The smallest absolute Gasteiger partial charge is 0.254 e. The van der Waals surface area contributed by atoms with Crippen molar-refractivity contribution in [1.82, 2.24) is 10.2 Å². The average Bonchev–Trinajstić information content (AvgIpc) is 2.70. The quantitative estimate of drug-likeness (QED) is 0.876. The fourth-order valence-electron chi connectivity index (χ4n) is 3.06. The number of amides is 2. The first-order valence-electron chi connectivity index (χ1n) is 8.85. The van der Waals surface area contributed by atoms with E-state index in [1.807, 2.05) is 30.3 Å². The van der Waals surface area contributed by atoms with Crippen LogP contribution in [0.25, 0.3) is 0 Å². The Morgan fingerprint density at radius 2 is 1.67 bits per heavy atom. The topological polar surface area (TPSA) is 52.7 Å². The molecular weight excluding hydrogens is 352 g/mol. The van der Waals surface area contributed by atoms with Crippen LogP contribution in [0.5, 0.6) is 0 Å². The van der Waals surface area contributed by atoms with E-state index in [1.54, 1.807) is 4.90 Å². The summed E-state index contributed by atoms with van der Waals surface area (Å²) in [6, 6.07) is 12.7. The average molecular weight is 373 g/mol. The molecule has 1 aliphatic rings. The van der Waals surface area contributed by atoms with Gasteiger partial charge in [-0.15, -0.1) is 0 Å². The summed E-state index contributed by atoms with van der Waals surface area (Å²) in [5.41, 5.74) is 0.771. The monoisotopic (exact) mass is 373 g/mol. The molecule has 2 aromatic rings. The SMILES string of the molecule is O=C(NCCC(=O)N1CCN(c2ccccc2)CC1)c1cc(F)ccc1F. The fourth-order valence-corrected chi connectivity index (χ4v) is 3.06. The maximum Gasteiger partial charge on any atom is 0.254 e. The number of benzene rings is 2. The Kier molecular flexibility index (Phi) is 6.01. The number of halogens is 2. The van der Waals surface area contributed by atoms with E-state index >= 15 is 0 Å². The second kappa shape index (κ2) is 8.62. The third kappa shape index (κ3) is 4.81. The molecule has 0 atom stereocenters. The lowest BCUT2D eigenvalue weighted by atomic mass is 10.2. The minimum atomic E-state index is -0.794. The lowest BCUT2D eigenvalue weighted by molar-refractivity contribution is -0.131. The normalized spacial score (nSPS) is 14.1. The molecule has 0 bridgehead atoms. The van der Waals surface area contributed by atoms with Gasteiger partial charge in [0.1, 0.15) is 11.6 Å². The molecule has 1 heterocycles. The molecule has 0 saturated carbocycles. The lowest BCUT2D eigenvalue weighted by Gasteiger charge is -2.36. The van der Waals surface area contributed by atoms with Gasteiger partial charge in [-0.3, -0.25) is 9.59 Å². The van der Waals surface area contributed by atoms with Gasteiger partial charge in [0, 0.05) is 44.8 Å². The van der Waals surface area contributed by atoms with Crippen LogP contribution in [0.1, 0.15) is 16.8 Å². The molecule has 27 heavy (non-hydrogen) atoms. The zero-order valence-electron chi connectivity index (χ0n) is 14.8. The van der Waals surface area contributed by atoms with E-state index < -0.39 is 17.5 Å². The Morgan fingerprint density at radius 3 is 2.37 bits per heavy atom. The van der Waals surface area contributed by atoms with Crippen LogP contribution in [-0.4, -0.2) is 49.4 Å². The van der Waals surface area contributed by atoms with Gasteiger partial charge in [-0.25, -0.2) is 8.78 Å². The summed E-state index contributed by atoms with van der Waals surface area (Å²) in [6.07, 6.45) is 0.119. The van der Waals surface area contributed by atoms with Crippen LogP contribution in [0.15, 0.2) is 48.5 Å². The van der Waals surface area contributed by atoms with E-state index in [9.17, 15) is 18.4 Å². The maximum absolute atomic E-state index is 13.6. The number of nitrogens with one attached hydrogen (secondary N) is 1. The molecule has 1 saturated heterocycles. The number of para-hydroxylation sites is 1. The van der Waals surface area contributed by atoms with Crippen molar-refractivity contribution in [1.29, 1.82) is 0 Å². The zero-order chi connectivity index (χ0) is 19.2. The number of piperazine rings is 1. The molecule has 0 unspecified atom stereocenters. The number of carbonyl (C=O) groups is 2. The number of rotatable bonds is 5. The van der Waals surface area contributed by atoms with Crippen LogP contribution in [0, 0.1) is 11.6 Å². The molecule has 1 N–H and O–H groups in total. The van der Waals surface area contributed by atoms with Gasteiger partial charge in [0.25, 0.3) is 5.91 Å². The number of carbonyl (C=O) groups excluding carboxylic acids is 2. The van der Waals surface area contributed by atoms with Crippen molar-refractivity contribution in [2.75, 3.05) is 37.6 Å². The zero-order valence-corrected chi connectivity index (χ0v) is 14.8. The largest absolute Gasteiger partial charge is 0.368 e. The predicted octanol–water partition coefficient (Wildman–Crippen LogP) is 2.43. The Bertz CT molecular complexity index is 806. The van der Waals surface area contributed by atoms with Gasteiger partial charge in [-0.05, 0) is 30.3 Å². The van der Waals surface area contributed by atoms with Crippen molar-refractivity contribution < 1.29 is 18.4 Å². The Labute approximate surface area is 156 Å². The van der Waals surface area contributed by atoms with Crippen LogP contribution in [0.2, 0.25) is 0 Å². The molecular formula is C20H21F2N3O2. The predicted molar refractivity (Wildman–Crippen MR) is 98.5 cm³/mol. The Morgan fingerprint density at radius 1 is 0.963 bits per heavy atom. The van der Waals surface area contributed by atoms with Crippen LogP contribution in [0.3, 0.4) is 0 Å². The fraction of sp³-hybridized carbons (Fsp3) is 0.300. The van der Waals surface area contributed by atoms with Crippen LogP contribution < -0.4 is 10.2 Å². The molecule has 3 rings (SSSR count). The highest BCUT2D eigenvalue weighted by Gasteiger charge is 2.21. The van der Waals surface area contributed by atoms with Gasteiger partial charge in [0.2, 0.25) is 5.91 Å². The van der Waals surface area contributed by atoms with Gasteiger partial charge >= 0.3 is 0 Å². The van der Waals surface area contributed by atoms with Crippen molar-refractivity contribution in [3.8, 4) is 0 Å². The first-order chi connectivity index (χ1) is 13.0. The molecule has 1 aliphatic heterocycles. The summed E-state index contributed by atoms with van der Waals surface area (Å²) in [7, 11) is 0. The van der Waals surface area contributed by atoms with Crippen LogP contribution in [0.4, 0.5) is 14.5 Å². The summed E-state index contributed by atoms with van der Waals surface area (Å²) in [5.74, 6) is -2.28. The minimum absolute atomic E-state index is 0.0669. The minimum Gasteiger partial charge on any atom is -0.368 e. The van der Waals surface area contributed by atoms with E-state index in [0.29, 0.717) is 13.1 Å². The van der Waals surface area contributed by atoms with Gasteiger partial charge < -0.3 is 15.1 Å². The van der Waals surface area contributed by atoms with Gasteiger partial charge in [0.15, 0.2) is 0 Å². The van der Waals surface area contributed by atoms with Gasteiger partial charge in [0.05, 0.1) is 5.56 Å². The highest BCUT2D eigenvalue weighted by molar-refractivity contribution is 5.94. The van der Waals surface area contributed by atoms with E-state index in [4.69, 9.17) is 0 Å². The van der Waals surface area contributed by atoms with Gasteiger partial charge in [-0.1, -0.05) is 18.2 Å². The van der Waals surface area contributed by atoms with E-state index in [2.05, 4.69) is 10.2 Å². The van der Waals surface area contributed by atoms with E-state index in [-0.39, 0.29) is 24.4 Å². The molecule has 0 aromatic heterocycles. The van der Waals surface area contributed by atoms with Crippen molar-refractivity contribution >= 4 is 17.5 Å². The summed E-state index contributed by atoms with van der Waals surface area (Å²) in [6.45, 7) is 2.79. The second-order valence-corrected chi connectivity index (χ2v) is 6.33. The van der Waals surface area contributed by atoms with Crippen molar-refractivity contribution in [2.24, 2.45) is 0 Å². The molecule has 7 heteroatoms. The third-order valence-electron chi connectivity index (χ3n) is 4.55. The summed E-state index contributed by atoms with van der Waals surface area (Å²) >= 11 is 0. The van der Waals surface area contributed by atoms with Crippen molar-refractivity contribution in [3.63, 3.8) is 0 Å². The first kappa shape index (κ1) is 18.8. The second-order valence-electron chi connectivity index (χ2n) is 6.33. The van der Waals surface area contributed by atoms with Crippen molar-refractivity contribution in [2.45, 2.75) is 6.42 Å². The molecule has 0 aliphatic carbocycles. The molecule has 2 aromatic carbocycles. The lowest BCUT2D eigenvalue weighted by Crippen LogP contribution is -2.49. The number of hydrogen-bond donors (Lipinski definition) is 1. The molecule has 2 amide bonds. The molecule has 0 radical (unpaired) electrons. The molecule has 0 spiro atoms. The first-order valence-corrected chi connectivity index (χ1v) is 8.85. The number of hydrogen-bond acceptors (Lipinski definition) is 3. The van der Waals surface area contributed by atoms with Crippen LogP contribution in [-0.2, 0) is 4.79 Å². The van der Waals surface area contributed by atoms with E-state index in [0.717, 1.165) is 37.0 Å². The standard InChI is InChI=1S/C20H21F2N3O2/c21-15-6-7-18(22)17(14-15)20(27)23-9-8-19(26)25-12-10-24(11-13-25)16-4-2-1-3-5-16/h1-7,14H,8-13H2,(H,23,27). The third-order valence-corrected chi connectivity index (χ3v) is 4.55. The molecule has 1 fully saturated rings. The maximum atomic E-state index is 13.6. The summed E-state index contributed by atoms with van der Waals surface area (Å²) < 4.78 is 26.7.